The zero-order chi connectivity index (χ0) is 15.7. The molecule has 4 nitrogen and oxygen atoms in total. The average molecular weight is 306 g/mol. The standard InChI is InChI=1S/C14H10BF3N2O2/c16-14(17,18)22-12-7-5-11(6-8-12)20-15(21)13-4-2-1-3-10(13)9-19-20/h1-9,21H. The van der Waals surface area contributed by atoms with Crippen molar-refractivity contribution in [1.82, 2.24) is 0 Å². The topological polar surface area (TPSA) is 45.1 Å². The first kappa shape index (κ1) is 14.5. The second kappa shape index (κ2) is 5.38. The number of anilines is 1. The number of rotatable bonds is 2. The van der Waals surface area contributed by atoms with Gasteiger partial charge in [-0.15, -0.1) is 13.2 Å². The van der Waals surface area contributed by atoms with Crippen LogP contribution >= 0.6 is 0 Å². The van der Waals surface area contributed by atoms with Crippen LogP contribution in [0, 0.1) is 0 Å². The lowest BCUT2D eigenvalue weighted by molar-refractivity contribution is -0.274. The van der Waals surface area contributed by atoms with Crippen molar-refractivity contribution < 1.29 is 22.9 Å². The van der Waals surface area contributed by atoms with Gasteiger partial charge in [-0.3, -0.25) is 4.92 Å². The fourth-order valence-electron chi connectivity index (χ4n) is 2.19. The highest BCUT2D eigenvalue weighted by Gasteiger charge is 2.32. The highest BCUT2D eigenvalue weighted by molar-refractivity contribution is 6.71. The van der Waals surface area contributed by atoms with Gasteiger partial charge in [0.2, 0.25) is 0 Å². The summed E-state index contributed by atoms with van der Waals surface area (Å²) in [5.74, 6) is -0.327. The van der Waals surface area contributed by atoms with Gasteiger partial charge < -0.3 is 9.76 Å². The Labute approximate surface area is 124 Å². The van der Waals surface area contributed by atoms with Crippen LogP contribution in [0.25, 0.3) is 0 Å². The molecule has 8 heteroatoms. The average Bonchev–Trinajstić information content (AvgIpc) is 2.47. The van der Waals surface area contributed by atoms with Crippen LogP contribution in [0.15, 0.2) is 53.6 Å². The summed E-state index contributed by atoms with van der Waals surface area (Å²) in [5, 5.41) is 14.5. The summed E-state index contributed by atoms with van der Waals surface area (Å²) in [6.45, 7) is 0. The summed E-state index contributed by atoms with van der Waals surface area (Å²) in [6.07, 6.45) is -3.15. The van der Waals surface area contributed by atoms with Gasteiger partial charge in [-0.1, -0.05) is 24.3 Å². The van der Waals surface area contributed by atoms with E-state index in [1.165, 1.54) is 29.2 Å². The largest absolute Gasteiger partial charge is 0.573 e. The van der Waals surface area contributed by atoms with Crippen LogP contribution in [0.5, 0.6) is 5.75 Å². The second-order valence-corrected chi connectivity index (χ2v) is 4.63. The minimum absolute atomic E-state index is 0.327. The number of alkyl halides is 3. The van der Waals surface area contributed by atoms with Crippen molar-refractivity contribution >= 4 is 24.4 Å². The quantitative estimate of drug-likeness (QED) is 0.865. The number of hydrogen-bond donors (Lipinski definition) is 1. The molecule has 1 heterocycles. The highest BCUT2D eigenvalue weighted by Crippen LogP contribution is 2.26. The first-order valence-electron chi connectivity index (χ1n) is 6.40. The Morgan fingerprint density at radius 1 is 1.05 bits per heavy atom. The maximum atomic E-state index is 12.1. The van der Waals surface area contributed by atoms with Gasteiger partial charge in [-0.25, -0.2) is 0 Å². The third-order valence-corrected chi connectivity index (χ3v) is 3.16. The van der Waals surface area contributed by atoms with Crippen molar-refractivity contribution in [2.24, 2.45) is 5.10 Å². The van der Waals surface area contributed by atoms with E-state index in [9.17, 15) is 18.2 Å². The summed E-state index contributed by atoms with van der Waals surface area (Å²) in [6, 6.07) is 12.3. The Morgan fingerprint density at radius 3 is 2.41 bits per heavy atom. The Bertz CT molecular complexity index is 704. The number of hydrazone groups is 1. The lowest BCUT2D eigenvalue weighted by Gasteiger charge is -2.26. The molecule has 0 radical (unpaired) electrons. The predicted molar refractivity (Wildman–Crippen MR) is 77.2 cm³/mol. The van der Waals surface area contributed by atoms with E-state index in [4.69, 9.17) is 0 Å². The third-order valence-electron chi connectivity index (χ3n) is 3.16. The first-order chi connectivity index (χ1) is 10.4. The molecule has 1 N–H and O–H groups in total. The van der Waals surface area contributed by atoms with Gasteiger partial charge in [0.1, 0.15) is 5.75 Å². The lowest BCUT2D eigenvalue weighted by Crippen LogP contribution is -2.50. The number of ether oxygens (including phenoxy) is 1. The fourth-order valence-corrected chi connectivity index (χ4v) is 2.19. The smallest absolute Gasteiger partial charge is 0.427 e. The van der Waals surface area contributed by atoms with Gasteiger partial charge >= 0.3 is 13.4 Å². The maximum absolute atomic E-state index is 12.1. The van der Waals surface area contributed by atoms with Crippen LogP contribution < -0.4 is 15.1 Å². The van der Waals surface area contributed by atoms with E-state index in [1.54, 1.807) is 18.3 Å². The van der Waals surface area contributed by atoms with Crippen LogP contribution in [0.3, 0.4) is 0 Å². The van der Waals surface area contributed by atoms with E-state index in [2.05, 4.69) is 9.84 Å². The molecule has 0 bridgehead atoms. The monoisotopic (exact) mass is 306 g/mol. The van der Waals surface area contributed by atoms with E-state index >= 15 is 0 Å². The molecule has 112 valence electrons. The number of halogens is 3. The molecule has 0 saturated heterocycles. The highest BCUT2D eigenvalue weighted by atomic mass is 19.4. The number of fused-ring (bicyclic) bond motifs is 1. The Hall–Kier alpha value is -2.48. The summed E-state index contributed by atoms with van der Waals surface area (Å²) in [4.78, 5) is 1.32. The summed E-state index contributed by atoms with van der Waals surface area (Å²) < 4.78 is 40.2. The molecule has 0 aliphatic carbocycles. The lowest BCUT2D eigenvalue weighted by atomic mass is 9.69. The molecular weight excluding hydrogens is 296 g/mol. The zero-order valence-corrected chi connectivity index (χ0v) is 11.2. The predicted octanol–water partition coefficient (Wildman–Crippen LogP) is 2.13. The summed E-state index contributed by atoms with van der Waals surface area (Å²) >= 11 is 0. The fraction of sp³-hybridized carbons (Fsp3) is 0.0714. The Balaban J connectivity index is 1.84. The molecular formula is C14H10BF3N2O2. The van der Waals surface area contributed by atoms with Crippen molar-refractivity contribution in [3.8, 4) is 5.75 Å². The van der Waals surface area contributed by atoms with Gasteiger partial charge in [0.05, 0.1) is 6.21 Å². The molecule has 0 spiro atoms. The molecule has 3 rings (SSSR count). The SMILES string of the molecule is OB1c2ccccc2C=NN1c1ccc(OC(F)(F)F)cc1. The Morgan fingerprint density at radius 2 is 1.73 bits per heavy atom. The number of nitrogens with zero attached hydrogens (tertiary/aromatic N) is 2. The molecule has 1 aliphatic rings. The Kier molecular flexibility index (Phi) is 3.54. The van der Waals surface area contributed by atoms with E-state index in [0.717, 1.165) is 5.56 Å². The van der Waals surface area contributed by atoms with E-state index in [-0.39, 0.29) is 5.75 Å². The molecule has 2 aromatic rings. The van der Waals surface area contributed by atoms with Gasteiger partial charge in [0.25, 0.3) is 0 Å². The van der Waals surface area contributed by atoms with Crippen LogP contribution in [0.1, 0.15) is 5.56 Å². The summed E-state index contributed by atoms with van der Waals surface area (Å²) in [5.41, 5.74) is 1.92. The molecule has 2 aromatic carbocycles. The van der Waals surface area contributed by atoms with E-state index in [1.807, 2.05) is 12.1 Å². The minimum atomic E-state index is -4.73. The van der Waals surface area contributed by atoms with Crippen LogP contribution in [0.4, 0.5) is 18.9 Å². The summed E-state index contributed by atoms with van der Waals surface area (Å²) in [7, 11) is -1.00. The minimum Gasteiger partial charge on any atom is -0.427 e. The molecule has 0 fully saturated rings. The van der Waals surface area contributed by atoms with Crippen molar-refractivity contribution in [3.63, 3.8) is 0 Å². The van der Waals surface area contributed by atoms with Gasteiger partial charge in [-0.2, -0.15) is 5.10 Å². The molecule has 0 aromatic heterocycles. The van der Waals surface area contributed by atoms with Gasteiger partial charge in [0, 0.05) is 5.69 Å². The van der Waals surface area contributed by atoms with Crippen molar-refractivity contribution in [3.05, 3.63) is 54.1 Å². The maximum Gasteiger partial charge on any atom is 0.573 e. The number of benzene rings is 2. The van der Waals surface area contributed by atoms with Crippen LogP contribution in [0.2, 0.25) is 0 Å². The van der Waals surface area contributed by atoms with Crippen molar-refractivity contribution in [2.45, 2.75) is 6.36 Å². The molecule has 0 saturated carbocycles. The van der Waals surface area contributed by atoms with E-state index < -0.39 is 13.4 Å². The normalized spacial score (nSPS) is 14.0. The zero-order valence-electron chi connectivity index (χ0n) is 11.2. The second-order valence-electron chi connectivity index (χ2n) is 4.63. The third kappa shape index (κ3) is 2.91. The first-order valence-corrected chi connectivity index (χ1v) is 6.40. The number of hydrogen-bond acceptors (Lipinski definition) is 4. The van der Waals surface area contributed by atoms with Crippen LogP contribution in [-0.4, -0.2) is 24.7 Å². The molecule has 1 aliphatic heterocycles. The van der Waals surface area contributed by atoms with E-state index in [0.29, 0.717) is 11.2 Å². The van der Waals surface area contributed by atoms with Crippen molar-refractivity contribution in [2.75, 3.05) is 4.92 Å². The molecule has 0 amide bonds. The van der Waals surface area contributed by atoms with Gasteiger partial charge in [0.15, 0.2) is 0 Å². The van der Waals surface area contributed by atoms with Crippen molar-refractivity contribution in [1.29, 1.82) is 0 Å². The molecule has 22 heavy (non-hydrogen) atoms. The molecule has 0 unspecified atom stereocenters. The van der Waals surface area contributed by atoms with Gasteiger partial charge in [-0.05, 0) is 35.3 Å². The van der Waals surface area contributed by atoms with Crippen LogP contribution in [-0.2, 0) is 0 Å². The molecule has 0 atom stereocenters.